The van der Waals surface area contributed by atoms with Gasteiger partial charge >= 0.3 is 0 Å². The van der Waals surface area contributed by atoms with Gasteiger partial charge in [0, 0.05) is 25.3 Å². The molecule has 1 aliphatic heterocycles. The highest BCUT2D eigenvalue weighted by Crippen LogP contribution is 2.19. The normalized spacial score (nSPS) is 22.9. The number of rotatable bonds is 5. The van der Waals surface area contributed by atoms with Crippen molar-refractivity contribution in [3.8, 4) is 0 Å². The van der Waals surface area contributed by atoms with E-state index in [1.165, 1.54) is 32.5 Å². The highest BCUT2D eigenvalue weighted by Gasteiger charge is 2.23. The average Bonchev–Trinajstić information content (AvgIpc) is 2.46. The maximum absolute atomic E-state index is 4.24. The summed E-state index contributed by atoms with van der Waals surface area (Å²) in [7, 11) is 0. The highest BCUT2D eigenvalue weighted by molar-refractivity contribution is 4.97. The van der Waals surface area contributed by atoms with Gasteiger partial charge in [0.15, 0.2) is 0 Å². The van der Waals surface area contributed by atoms with Crippen LogP contribution >= 0.6 is 0 Å². The van der Waals surface area contributed by atoms with Crippen LogP contribution in [0.4, 0.5) is 0 Å². The zero-order valence-corrected chi connectivity index (χ0v) is 11.5. The number of aromatic nitrogens is 2. The monoisotopic (exact) mass is 248 g/mol. The van der Waals surface area contributed by atoms with E-state index in [1.54, 1.807) is 12.5 Å². The molecule has 18 heavy (non-hydrogen) atoms. The summed E-state index contributed by atoms with van der Waals surface area (Å²) in [5, 5.41) is 3.60. The molecule has 1 aromatic rings. The fraction of sp³-hybridized carbons (Fsp3) is 0.714. The van der Waals surface area contributed by atoms with Crippen LogP contribution in [0, 0.1) is 5.92 Å². The predicted molar refractivity (Wildman–Crippen MR) is 73.2 cm³/mol. The second kappa shape index (κ2) is 6.81. The number of nitrogens with one attached hydrogen (secondary N) is 1. The Bertz CT molecular complexity index is 341. The first-order valence-corrected chi connectivity index (χ1v) is 7.00. The van der Waals surface area contributed by atoms with Crippen LogP contribution in [0.15, 0.2) is 18.6 Å². The SMILES string of the molecule is CCN1CCCC(C(C)NCc2ccncn2)C1. The van der Waals surface area contributed by atoms with E-state index in [1.807, 2.05) is 6.07 Å². The van der Waals surface area contributed by atoms with E-state index in [0.29, 0.717) is 6.04 Å². The number of hydrogen-bond donors (Lipinski definition) is 1. The van der Waals surface area contributed by atoms with Gasteiger partial charge in [0.2, 0.25) is 0 Å². The van der Waals surface area contributed by atoms with Crippen molar-refractivity contribution in [1.29, 1.82) is 0 Å². The van der Waals surface area contributed by atoms with Crippen LogP contribution in [0.3, 0.4) is 0 Å². The fourth-order valence-electron chi connectivity index (χ4n) is 2.64. The Morgan fingerprint density at radius 1 is 1.56 bits per heavy atom. The third-order valence-electron chi connectivity index (χ3n) is 3.94. The van der Waals surface area contributed by atoms with Crippen molar-refractivity contribution in [1.82, 2.24) is 20.2 Å². The summed E-state index contributed by atoms with van der Waals surface area (Å²) in [6.45, 7) is 9.06. The zero-order valence-electron chi connectivity index (χ0n) is 11.5. The minimum absolute atomic E-state index is 0.550. The molecule has 0 spiro atoms. The minimum Gasteiger partial charge on any atom is -0.308 e. The van der Waals surface area contributed by atoms with E-state index >= 15 is 0 Å². The lowest BCUT2D eigenvalue weighted by atomic mass is 9.91. The van der Waals surface area contributed by atoms with Crippen LogP contribution in [0.5, 0.6) is 0 Å². The molecule has 0 aliphatic carbocycles. The average molecular weight is 248 g/mol. The van der Waals surface area contributed by atoms with E-state index in [2.05, 4.69) is 34.0 Å². The predicted octanol–water partition coefficient (Wildman–Crippen LogP) is 1.69. The number of piperidine rings is 1. The van der Waals surface area contributed by atoms with Crippen LogP contribution in [0.2, 0.25) is 0 Å². The molecule has 100 valence electrons. The molecule has 4 nitrogen and oxygen atoms in total. The van der Waals surface area contributed by atoms with Gasteiger partial charge in [0.05, 0.1) is 5.69 Å². The second-order valence-electron chi connectivity index (χ2n) is 5.17. The molecule has 2 rings (SSSR count). The maximum Gasteiger partial charge on any atom is 0.115 e. The summed E-state index contributed by atoms with van der Waals surface area (Å²) in [4.78, 5) is 10.7. The largest absolute Gasteiger partial charge is 0.308 e. The molecular formula is C14H24N4. The smallest absolute Gasteiger partial charge is 0.115 e. The lowest BCUT2D eigenvalue weighted by Gasteiger charge is -2.35. The third-order valence-corrected chi connectivity index (χ3v) is 3.94. The van der Waals surface area contributed by atoms with E-state index < -0.39 is 0 Å². The van der Waals surface area contributed by atoms with Gasteiger partial charge in [-0.15, -0.1) is 0 Å². The van der Waals surface area contributed by atoms with Gasteiger partial charge < -0.3 is 10.2 Å². The molecule has 1 fully saturated rings. The molecule has 0 saturated carbocycles. The zero-order chi connectivity index (χ0) is 12.8. The van der Waals surface area contributed by atoms with Crippen molar-refractivity contribution in [3.63, 3.8) is 0 Å². The van der Waals surface area contributed by atoms with Crippen LogP contribution in [-0.4, -0.2) is 40.5 Å². The highest BCUT2D eigenvalue weighted by atomic mass is 15.1. The molecule has 1 aliphatic rings. The maximum atomic E-state index is 4.24. The van der Waals surface area contributed by atoms with E-state index in [-0.39, 0.29) is 0 Å². The van der Waals surface area contributed by atoms with Gasteiger partial charge in [-0.3, -0.25) is 0 Å². The molecule has 2 heterocycles. The molecule has 1 aromatic heterocycles. The van der Waals surface area contributed by atoms with Crippen LogP contribution in [0.1, 0.15) is 32.4 Å². The minimum atomic E-state index is 0.550. The molecule has 2 atom stereocenters. The Morgan fingerprint density at radius 3 is 3.17 bits per heavy atom. The molecule has 1 N–H and O–H groups in total. The lowest BCUT2D eigenvalue weighted by molar-refractivity contribution is 0.156. The summed E-state index contributed by atoms with van der Waals surface area (Å²) in [5.74, 6) is 0.764. The molecule has 2 unspecified atom stereocenters. The second-order valence-corrected chi connectivity index (χ2v) is 5.17. The Kier molecular flexibility index (Phi) is 5.08. The van der Waals surface area contributed by atoms with Crippen molar-refractivity contribution in [3.05, 3.63) is 24.3 Å². The Labute approximate surface area is 110 Å². The molecule has 0 amide bonds. The van der Waals surface area contributed by atoms with E-state index in [0.717, 1.165) is 18.2 Å². The fourth-order valence-corrected chi connectivity index (χ4v) is 2.64. The lowest BCUT2D eigenvalue weighted by Crippen LogP contribution is -2.44. The third kappa shape index (κ3) is 3.75. The Balaban J connectivity index is 1.79. The van der Waals surface area contributed by atoms with Gasteiger partial charge in [-0.25, -0.2) is 9.97 Å². The first-order chi connectivity index (χ1) is 8.79. The Hall–Kier alpha value is -1.00. The standard InChI is InChI=1S/C14H24N4/c1-3-18-8-4-5-13(10-18)12(2)16-9-14-6-7-15-11-17-14/h6-7,11-13,16H,3-5,8-10H2,1-2H3. The van der Waals surface area contributed by atoms with Crippen molar-refractivity contribution >= 4 is 0 Å². The molecule has 0 aromatic carbocycles. The van der Waals surface area contributed by atoms with Gasteiger partial charge in [0.1, 0.15) is 6.33 Å². The molecule has 4 heteroatoms. The van der Waals surface area contributed by atoms with E-state index in [9.17, 15) is 0 Å². The molecule has 1 saturated heterocycles. The summed E-state index contributed by atoms with van der Waals surface area (Å²) < 4.78 is 0. The van der Waals surface area contributed by atoms with Gasteiger partial charge in [-0.2, -0.15) is 0 Å². The van der Waals surface area contributed by atoms with Crippen molar-refractivity contribution in [2.75, 3.05) is 19.6 Å². The quantitative estimate of drug-likeness (QED) is 0.861. The molecule has 0 bridgehead atoms. The summed E-state index contributed by atoms with van der Waals surface area (Å²) >= 11 is 0. The van der Waals surface area contributed by atoms with Gasteiger partial charge in [-0.1, -0.05) is 6.92 Å². The van der Waals surface area contributed by atoms with Crippen molar-refractivity contribution < 1.29 is 0 Å². The molecule has 0 radical (unpaired) electrons. The number of hydrogen-bond acceptors (Lipinski definition) is 4. The first-order valence-electron chi connectivity index (χ1n) is 7.00. The van der Waals surface area contributed by atoms with Gasteiger partial charge in [0.25, 0.3) is 0 Å². The summed E-state index contributed by atoms with van der Waals surface area (Å²) in [6.07, 6.45) is 6.09. The van der Waals surface area contributed by atoms with Gasteiger partial charge in [-0.05, 0) is 44.8 Å². The van der Waals surface area contributed by atoms with E-state index in [4.69, 9.17) is 0 Å². The van der Waals surface area contributed by atoms with Crippen LogP contribution < -0.4 is 5.32 Å². The van der Waals surface area contributed by atoms with Crippen LogP contribution in [0.25, 0.3) is 0 Å². The molecular weight excluding hydrogens is 224 g/mol. The topological polar surface area (TPSA) is 41.0 Å². The number of likely N-dealkylation sites (tertiary alicyclic amines) is 1. The Morgan fingerprint density at radius 2 is 2.44 bits per heavy atom. The number of nitrogens with zero attached hydrogens (tertiary/aromatic N) is 3. The van der Waals surface area contributed by atoms with Crippen molar-refractivity contribution in [2.24, 2.45) is 5.92 Å². The van der Waals surface area contributed by atoms with Crippen molar-refractivity contribution in [2.45, 2.75) is 39.3 Å². The first kappa shape index (κ1) is 13.4. The van der Waals surface area contributed by atoms with Crippen LogP contribution in [-0.2, 0) is 6.54 Å². The summed E-state index contributed by atoms with van der Waals surface area (Å²) in [6, 6.07) is 2.52. The summed E-state index contributed by atoms with van der Waals surface area (Å²) in [5.41, 5.74) is 1.07.